The zero-order valence-corrected chi connectivity index (χ0v) is 14.6. The first-order valence-corrected chi connectivity index (χ1v) is 8.15. The molecule has 1 fully saturated rings. The van der Waals surface area contributed by atoms with E-state index >= 15 is 0 Å². The van der Waals surface area contributed by atoms with Gasteiger partial charge in [0.15, 0.2) is 0 Å². The van der Waals surface area contributed by atoms with E-state index in [0.717, 1.165) is 5.56 Å². The summed E-state index contributed by atoms with van der Waals surface area (Å²) in [6, 6.07) is 8.63. The monoisotopic (exact) mass is 363 g/mol. The third-order valence-electron chi connectivity index (χ3n) is 3.73. The van der Waals surface area contributed by atoms with Gasteiger partial charge >= 0.3 is 11.9 Å². The van der Waals surface area contributed by atoms with Gasteiger partial charge in [0, 0.05) is 25.2 Å². The highest BCUT2D eigenvalue weighted by atomic mass is 16.7. The van der Waals surface area contributed by atoms with Crippen molar-refractivity contribution >= 4 is 11.9 Å². The Morgan fingerprint density at radius 3 is 2.62 bits per heavy atom. The zero-order valence-electron chi connectivity index (χ0n) is 14.6. The van der Waals surface area contributed by atoms with Gasteiger partial charge in [-0.05, 0) is 11.1 Å². The van der Waals surface area contributed by atoms with Crippen molar-refractivity contribution in [3.8, 4) is 0 Å². The molecule has 1 aromatic carbocycles. The molecule has 4 atom stereocenters. The van der Waals surface area contributed by atoms with Crippen molar-refractivity contribution in [3.63, 3.8) is 0 Å². The molecule has 0 bridgehead atoms. The second-order valence-corrected chi connectivity index (χ2v) is 5.80. The third kappa shape index (κ3) is 6.03. The van der Waals surface area contributed by atoms with E-state index < -0.39 is 36.5 Å². The summed E-state index contributed by atoms with van der Waals surface area (Å²) in [5.41, 5.74) is 9.80. The highest BCUT2D eigenvalue weighted by molar-refractivity contribution is 5.66. The lowest BCUT2D eigenvalue weighted by Crippen LogP contribution is -2.51. The first-order chi connectivity index (χ1) is 12.5. The number of azide groups is 1. The topological polar surface area (TPSA) is 120 Å². The Morgan fingerprint density at radius 1 is 1.27 bits per heavy atom. The predicted molar refractivity (Wildman–Crippen MR) is 89.6 cm³/mol. The van der Waals surface area contributed by atoms with E-state index in [0.29, 0.717) is 6.42 Å². The Labute approximate surface area is 150 Å². The molecule has 0 saturated carbocycles. The van der Waals surface area contributed by atoms with Crippen LogP contribution in [0.25, 0.3) is 10.4 Å². The average Bonchev–Trinajstić information content (AvgIpc) is 2.61. The van der Waals surface area contributed by atoms with Gasteiger partial charge in [-0.3, -0.25) is 9.59 Å². The summed E-state index contributed by atoms with van der Waals surface area (Å²) in [6.07, 6.45) is -1.90. The van der Waals surface area contributed by atoms with Crippen molar-refractivity contribution in [2.75, 3.05) is 6.61 Å². The molecule has 9 heteroatoms. The molecule has 9 nitrogen and oxygen atoms in total. The normalized spacial score (nSPS) is 25.0. The molecule has 1 aliphatic heterocycles. The van der Waals surface area contributed by atoms with E-state index in [1.807, 2.05) is 30.3 Å². The minimum atomic E-state index is -1.11. The molecule has 0 amide bonds. The molecule has 0 radical (unpaired) electrons. The fraction of sp³-hybridized carbons (Fsp3) is 0.529. The van der Waals surface area contributed by atoms with Crippen molar-refractivity contribution in [2.24, 2.45) is 5.11 Å². The molecule has 0 aromatic heterocycles. The first kappa shape index (κ1) is 19.7. The second-order valence-electron chi connectivity index (χ2n) is 5.80. The molecular formula is C17H21N3O6. The maximum atomic E-state index is 11.4. The zero-order chi connectivity index (χ0) is 18.9. The Kier molecular flexibility index (Phi) is 7.40. The van der Waals surface area contributed by atoms with Crippen molar-refractivity contribution in [3.05, 3.63) is 46.3 Å². The molecule has 1 heterocycles. The summed E-state index contributed by atoms with van der Waals surface area (Å²) >= 11 is 0. The number of benzene rings is 1. The molecule has 0 spiro atoms. The number of ether oxygens (including phenoxy) is 4. The molecule has 0 N–H and O–H groups in total. The fourth-order valence-corrected chi connectivity index (χ4v) is 2.61. The number of hydrogen-bond acceptors (Lipinski definition) is 7. The van der Waals surface area contributed by atoms with Gasteiger partial charge in [-0.1, -0.05) is 35.4 Å². The third-order valence-corrected chi connectivity index (χ3v) is 3.73. The summed E-state index contributed by atoms with van der Waals surface area (Å²) in [6.45, 7) is 2.79. The number of esters is 2. The Hall–Kier alpha value is -2.61. The van der Waals surface area contributed by atoms with E-state index in [1.54, 1.807) is 0 Å². The summed E-state index contributed by atoms with van der Waals surface area (Å²) in [7, 11) is 0. The molecule has 1 aromatic rings. The van der Waals surface area contributed by atoms with E-state index in [9.17, 15) is 9.59 Å². The summed E-state index contributed by atoms with van der Waals surface area (Å²) in [4.78, 5) is 25.2. The van der Waals surface area contributed by atoms with Crippen LogP contribution in [0, 0.1) is 0 Å². The molecule has 1 aliphatic rings. The van der Waals surface area contributed by atoms with Gasteiger partial charge in [-0.2, -0.15) is 0 Å². The molecule has 2 rings (SSSR count). The maximum absolute atomic E-state index is 11.4. The van der Waals surface area contributed by atoms with Gasteiger partial charge in [0.2, 0.25) is 6.29 Å². The molecule has 0 aliphatic carbocycles. The van der Waals surface area contributed by atoms with Crippen molar-refractivity contribution in [1.82, 2.24) is 0 Å². The van der Waals surface area contributed by atoms with Crippen LogP contribution in [0.15, 0.2) is 35.4 Å². The lowest BCUT2D eigenvalue weighted by molar-refractivity contribution is -0.235. The van der Waals surface area contributed by atoms with E-state index in [4.69, 9.17) is 24.5 Å². The van der Waals surface area contributed by atoms with Crippen LogP contribution in [-0.4, -0.2) is 43.1 Å². The standard InChI is InChI=1S/C17H21N3O6/c1-11(21)23-10-14-8-15(24-9-13-6-4-3-5-7-13)16(19-20-18)17(26-14)25-12(2)22/h3-7,14-17H,8-10H2,1-2H3/t14?,15-,16?,17?/m1/s1. The van der Waals surface area contributed by atoms with Gasteiger partial charge in [-0.15, -0.1) is 0 Å². The van der Waals surface area contributed by atoms with E-state index in [-0.39, 0.29) is 13.2 Å². The predicted octanol–water partition coefficient (Wildman–Crippen LogP) is 2.49. The van der Waals surface area contributed by atoms with Crippen molar-refractivity contribution in [1.29, 1.82) is 0 Å². The summed E-state index contributed by atoms with van der Waals surface area (Å²) in [5.74, 6) is -1.03. The minimum absolute atomic E-state index is 0.0126. The van der Waals surface area contributed by atoms with Crippen LogP contribution in [0.1, 0.15) is 25.8 Å². The fourth-order valence-electron chi connectivity index (χ4n) is 2.61. The number of carbonyl (C=O) groups excluding carboxylic acids is 2. The highest BCUT2D eigenvalue weighted by Crippen LogP contribution is 2.27. The van der Waals surface area contributed by atoms with Crippen LogP contribution >= 0.6 is 0 Å². The molecule has 1 saturated heterocycles. The van der Waals surface area contributed by atoms with Crippen LogP contribution in [0.3, 0.4) is 0 Å². The Morgan fingerprint density at radius 2 is 2.00 bits per heavy atom. The maximum Gasteiger partial charge on any atom is 0.304 e. The first-order valence-electron chi connectivity index (χ1n) is 8.15. The van der Waals surface area contributed by atoms with Crippen LogP contribution in [0.2, 0.25) is 0 Å². The van der Waals surface area contributed by atoms with Gasteiger partial charge in [0.1, 0.15) is 12.6 Å². The van der Waals surface area contributed by atoms with Crippen molar-refractivity contribution < 1.29 is 28.5 Å². The van der Waals surface area contributed by atoms with Gasteiger partial charge in [-0.25, -0.2) is 0 Å². The van der Waals surface area contributed by atoms with Gasteiger partial charge < -0.3 is 18.9 Å². The molecule has 3 unspecified atom stereocenters. The van der Waals surface area contributed by atoms with Crippen LogP contribution in [-0.2, 0) is 35.1 Å². The number of carbonyl (C=O) groups is 2. The second kappa shape index (κ2) is 9.76. The molecular weight excluding hydrogens is 342 g/mol. The van der Waals surface area contributed by atoms with Gasteiger partial charge in [0.25, 0.3) is 0 Å². The van der Waals surface area contributed by atoms with E-state index in [1.165, 1.54) is 13.8 Å². The largest absolute Gasteiger partial charge is 0.463 e. The quantitative estimate of drug-likeness (QED) is 0.318. The molecule has 26 heavy (non-hydrogen) atoms. The Balaban J connectivity index is 2.12. The van der Waals surface area contributed by atoms with Crippen LogP contribution in [0.5, 0.6) is 0 Å². The SMILES string of the molecule is CC(=O)OCC1C[C@@H](OCc2ccccc2)C(N=[N+]=[N-])C(OC(C)=O)O1. The van der Waals surface area contributed by atoms with Gasteiger partial charge in [0.05, 0.1) is 18.8 Å². The minimum Gasteiger partial charge on any atom is -0.463 e. The van der Waals surface area contributed by atoms with Crippen LogP contribution < -0.4 is 0 Å². The summed E-state index contributed by atoms with van der Waals surface area (Å²) in [5, 5.41) is 3.69. The lowest BCUT2D eigenvalue weighted by atomic mass is 10.0. The smallest absolute Gasteiger partial charge is 0.304 e. The number of nitrogens with zero attached hydrogens (tertiary/aromatic N) is 3. The highest BCUT2D eigenvalue weighted by Gasteiger charge is 2.41. The molecule has 140 valence electrons. The van der Waals surface area contributed by atoms with Crippen LogP contribution in [0.4, 0.5) is 0 Å². The number of rotatable bonds is 7. The van der Waals surface area contributed by atoms with Crippen molar-refractivity contribution in [2.45, 2.75) is 51.4 Å². The number of hydrogen-bond donors (Lipinski definition) is 0. The Bertz CT molecular complexity index is 662. The summed E-state index contributed by atoms with van der Waals surface area (Å²) < 4.78 is 21.6. The van der Waals surface area contributed by atoms with E-state index in [2.05, 4.69) is 10.0 Å². The lowest BCUT2D eigenvalue weighted by Gasteiger charge is -2.38. The average molecular weight is 363 g/mol.